The van der Waals surface area contributed by atoms with Crippen LogP contribution in [0.2, 0.25) is 0 Å². The van der Waals surface area contributed by atoms with Gasteiger partial charge in [-0.1, -0.05) is 12.2 Å². The topological polar surface area (TPSA) is 35.5 Å². The average molecular weight is 218 g/mol. The third-order valence-corrected chi connectivity index (χ3v) is 5.87. The predicted molar refractivity (Wildman–Crippen MR) is 58.1 cm³/mol. The molecular weight excluding hydrogens is 199 g/mol. The van der Waals surface area contributed by atoms with E-state index in [1.807, 2.05) is 26.0 Å². The summed E-state index contributed by atoms with van der Waals surface area (Å²) < 4.78 is 23.6. The fourth-order valence-electron chi connectivity index (χ4n) is 1.71. The number of ether oxygens (including phenoxy) is 2. The SMILES string of the molecule is CCOC(C)(OCC)P1(=O)CC=CC1. The van der Waals surface area contributed by atoms with E-state index in [4.69, 9.17) is 9.47 Å². The Bertz CT molecular complexity index is 242. The zero-order valence-corrected chi connectivity index (χ0v) is 10.0. The Labute approximate surface area is 85.8 Å². The van der Waals surface area contributed by atoms with Gasteiger partial charge in [-0.2, -0.15) is 0 Å². The molecule has 0 unspecified atom stereocenters. The van der Waals surface area contributed by atoms with Gasteiger partial charge in [0.15, 0.2) is 7.14 Å². The first kappa shape index (κ1) is 12.0. The first-order valence-electron chi connectivity index (χ1n) is 5.09. The van der Waals surface area contributed by atoms with Crippen molar-refractivity contribution in [2.24, 2.45) is 0 Å². The summed E-state index contributed by atoms with van der Waals surface area (Å²) in [6.07, 6.45) is 5.11. The maximum Gasteiger partial charge on any atom is 0.219 e. The highest BCUT2D eigenvalue weighted by Crippen LogP contribution is 2.61. The summed E-state index contributed by atoms with van der Waals surface area (Å²) in [5, 5.41) is 0. The molecule has 0 aromatic rings. The molecule has 0 N–H and O–H groups in total. The van der Waals surface area contributed by atoms with E-state index in [1.54, 1.807) is 6.92 Å². The van der Waals surface area contributed by atoms with E-state index in [2.05, 4.69) is 0 Å². The van der Waals surface area contributed by atoms with Gasteiger partial charge in [-0.25, -0.2) is 0 Å². The van der Waals surface area contributed by atoms with Crippen LogP contribution >= 0.6 is 7.14 Å². The van der Waals surface area contributed by atoms with Crippen LogP contribution in [0, 0.1) is 0 Å². The zero-order chi connectivity index (χ0) is 10.7. The standard InChI is InChI=1S/C10H19O3P/c1-4-12-10(3,13-5-2)14(11)8-6-7-9-14/h6-7H,4-5,8-9H2,1-3H3. The zero-order valence-electron chi connectivity index (χ0n) is 9.16. The summed E-state index contributed by atoms with van der Waals surface area (Å²) in [4.78, 5) is 0. The molecule has 82 valence electrons. The van der Waals surface area contributed by atoms with Crippen molar-refractivity contribution >= 4 is 7.14 Å². The van der Waals surface area contributed by atoms with Crippen LogP contribution in [-0.2, 0) is 14.0 Å². The Balaban J connectivity index is 2.80. The molecule has 1 heterocycles. The lowest BCUT2D eigenvalue weighted by Gasteiger charge is -2.34. The first-order valence-corrected chi connectivity index (χ1v) is 7.17. The van der Waals surface area contributed by atoms with Gasteiger partial charge in [0.1, 0.15) is 0 Å². The largest absolute Gasteiger partial charge is 0.344 e. The Morgan fingerprint density at radius 1 is 1.21 bits per heavy atom. The van der Waals surface area contributed by atoms with Crippen molar-refractivity contribution in [3.63, 3.8) is 0 Å². The number of rotatable bonds is 5. The highest BCUT2D eigenvalue weighted by molar-refractivity contribution is 7.65. The minimum atomic E-state index is -2.38. The number of allylic oxidation sites excluding steroid dienone is 2. The van der Waals surface area contributed by atoms with Crippen LogP contribution in [0.3, 0.4) is 0 Å². The van der Waals surface area contributed by atoms with Gasteiger partial charge in [0.25, 0.3) is 0 Å². The van der Waals surface area contributed by atoms with Gasteiger partial charge >= 0.3 is 0 Å². The molecule has 0 saturated heterocycles. The van der Waals surface area contributed by atoms with E-state index in [9.17, 15) is 4.57 Å². The van der Waals surface area contributed by atoms with Gasteiger partial charge in [0.05, 0.1) is 0 Å². The fourth-order valence-corrected chi connectivity index (χ4v) is 4.23. The molecule has 0 aromatic carbocycles. The molecule has 0 aromatic heterocycles. The van der Waals surface area contributed by atoms with E-state index >= 15 is 0 Å². The lowest BCUT2D eigenvalue weighted by Crippen LogP contribution is -2.33. The molecule has 0 atom stereocenters. The smallest absolute Gasteiger partial charge is 0.219 e. The Morgan fingerprint density at radius 3 is 2.00 bits per heavy atom. The molecule has 1 rings (SSSR count). The van der Waals surface area contributed by atoms with Gasteiger partial charge < -0.3 is 14.0 Å². The molecule has 14 heavy (non-hydrogen) atoms. The molecule has 0 aliphatic carbocycles. The molecular formula is C10H19O3P. The second-order valence-electron chi connectivity index (χ2n) is 3.49. The number of hydrogen-bond acceptors (Lipinski definition) is 3. The molecule has 0 fully saturated rings. The quantitative estimate of drug-likeness (QED) is 0.404. The summed E-state index contributed by atoms with van der Waals surface area (Å²) in [5.41, 5.74) is -0.889. The first-order chi connectivity index (χ1) is 6.58. The highest BCUT2D eigenvalue weighted by Gasteiger charge is 2.46. The van der Waals surface area contributed by atoms with Crippen molar-refractivity contribution in [1.29, 1.82) is 0 Å². The highest BCUT2D eigenvalue weighted by atomic mass is 31.2. The molecule has 0 saturated carbocycles. The Morgan fingerprint density at radius 2 is 1.64 bits per heavy atom. The molecule has 4 heteroatoms. The lowest BCUT2D eigenvalue weighted by molar-refractivity contribution is -0.161. The van der Waals surface area contributed by atoms with Crippen molar-refractivity contribution in [2.45, 2.75) is 26.3 Å². The maximum atomic E-state index is 12.5. The van der Waals surface area contributed by atoms with Crippen LogP contribution in [0.5, 0.6) is 0 Å². The minimum Gasteiger partial charge on any atom is -0.344 e. The van der Waals surface area contributed by atoms with Crippen molar-refractivity contribution in [1.82, 2.24) is 0 Å². The van der Waals surface area contributed by atoms with Gasteiger partial charge in [-0.05, 0) is 20.8 Å². The van der Waals surface area contributed by atoms with Crippen LogP contribution in [0.4, 0.5) is 0 Å². The van der Waals surface area contributed by atoms with Crippen LogP contribution in [0.15, 0.2) is 12.2 Å². The predicted octanol–water partition coefficient (Wildman–Crippen LogP) is 2.67. The lowest BCUT2D eigenvalue weighted by atomic mass is 10.6. The van der Waals surface area contributed by atoms with Gasteiger partial charge in [0.2, 0.25) is 5.53 Å². The Hall–Kier alpha value is -0.110. The molecule has 1 aliphatic heterocycles. The van der Waals surface area contributed by atoms with E-state index < -0.39 is 12.7 Å². The molecule has 0 radical (unpaired) electrons. The maximum absolute atomic E-state index is 12.5. The molecule has 0 spiro atoms. The van der Waals surface area contributed by atoms with E-state index in [0.29, 0.717) is 25.5 Å². The van der Waals surface area contributed by atoms with Crippen molar-refractivity contribution in [3.8, 4) is 0 Å². The molecule has 0 amide bonds. The third-order valence-electron chi connectivity index (χ3n) is 2.53. The monoisotopic (exact) mass is 218 g/mol. The van der Waals surface area contributed by atoms with Crippen LogP contribution in [-0.4, -0.2) is 31.1 Å². The summed E-state index contributed by atoms with van der Waals surface area (Å²) in [6, 6.07) is 0. The van der Waals surface area contributed by atoms with E-state index in [-0.39, 0.29) is 0 Å². The fraction of sp³-hybridized carbons (Fsp3) is 0.800. The van der Waals surface area contributed by atoms with Crippen molar-refractivity contribution < 1.29 is 14.0 Å². The Kier molecular flexibility index (Phi) is 3.94. The summed E-state index contributed by atoms with van der Waals surface area (Å²) in [7, 11) is -2.38. The summed E-state index contributed by atoms with van der Waals surface area (Å²) >= 11 is 0. The van der Waals surface area contributed by atoms with Gasteiger partial charge in [0, 0.05) is 25.5 Å². The third kappa shape index (κ3) is 2.10. The molecule has 1 aliphatic rings. The van der Waals surface area contributed by atoms with Crippen LogP contribution in [0.1, 0.15) is 20.8 Å². The van der Waals surface area contributed by atoms with Crippen molar-refractivity contribution in [2.75, 3.05) is 25.5 Å². The average Bonchev–Trinajstić information content (AvgIpc) is 2.54. The molecule has 0 bridgehead atoms. The number of hydrogen-bond donors (Lipinski definition) is 0. The second-order valence-corrected chi connectivity index (χ2v) is 6.81. The molecule has 3 nitrogen and oxygen atoms in total. The minimum absolute atomic E-state index is 0.528. The second kappa shape index (κ2) is 4.61. The van der Waals surface area contributed by atoms with E-state index in [0.717, 1.165) is 0 Å². The van der Waals surface area contributed by atoms with Crippen molar-refractivity contribution in [3.05, 3.63) is 12.2 Å². The van der Waals surface area contributed by atoms with Gasteiger partial charge in [-0.15, -0.1) is 0 Å². The van der Waals surface area contributed by atoms with Crippen LogP contribution in [0.25, 0.3) is 0 Å². The van der Waals surface area contributed by atoms with Gasteiger partial charge in [-0.3, -0.25) is 0 Å². The summed E-state index contributed by atoms with van der Waals surface area (Å²) in [6.45, 7) is 6.65. The van der Waals surface area contributed by atoms with E-state index in [1.165, 1.54) is 0 Å². The van der Waals surface area contributed by atoms with Crippen LogP contribution < -0.4 is 0 Å². The summed E-state index contributed by atoms with van der Waals surface area (Å²) in [5.74, 6) is 0. The normalized spacial score (nSPS) is 20.2.